The summed E-state index contributed by atoms with van der Waals surface area (Å²) in [4.78, 5) is 0. The van der Waals surface area contributed by atoms with Gasteiger partial charge in [-0.3, -0.25) is 0 Å². The zero-order valence-corrected chi connectivity index (χ0v) is 12.1. The third kappa shape index (κ3) is 5.30. The Hall–Kier alpha value is -0.0900. The summed E-state index contributed by atoms with van der Waals surface area (Å²) >= 11 is 0. The van der Waals surface area contributed by atoms with Crippen molar-refractivity contribution in [3.8, 4) is 0 Å². The Bertz CT molecular complexity index is 273. The largest absolute Gasteiger partial charge is 0.313 e. The lowest BCUT2D eigenvalue weighted by Gasteiger charge is -2.21. The van der Waals surface area contributed by atoms with Crippen molar-refractivity contribution < 1.29 is 8.42 Å². The molecule has 0 rings (SSSR count). The van der Waals surface area contributed by atoms with Gasteiger partial charge >= 0.3 is 0 Å². The Kier molecular flexibility index (Phi) is 7.24. The van der Waals surface area contributed by atoms with Gasteiger partial charge in [0.2, 0.25) is 0 Å². The maximum Gasteiger partial charge on any atom is 0.154 e. The predicted molar refractivity (Wildman–Crippen MR) is 70.5 cm³/mol. The van der Waals surface area contributed by atoms with E-state index in [1.54, 1.807) is 0 Å². The van der Waals surface area contributed by atoms with Crippen molar-refractivity contribution in [1.82, 2.24) is 5.32 Å². The molecule has 16 heavy (non-hydrogen) atoms. The average molecular weight is 249 g/mol. The molecule has 98 valence electrons. The summed E-state index contributed by atoms with van der Waals surface area (Å²) in [6, 6.07) is 0.103. The second-order valence-corrected chi connectivity index (χ2v) is 7.24. The molecular weight excluding hydrogens is 222 g/mol. The SMILES string of the molecule is CCCNC(CC)CS(=O)(=O)C(C)C(C)C. The molecule has 1 N–H and O–H groups in total. The molecule has 0 aliphatic carbocycles. The maximum atomic E-state index is 12.1. The van der Waals surface area contributed by atoms with Crippen LogP contribution in [0.25, 0.3) is 0 Å². The van der Waals surface area contributed by atoms with Crippen molar-refractivity contribution in [2.75, 3.05) is 12.3 Å². The molecular formula is C12H27NO2S. The third-order valence-corrected chi connectivity index (χ3v) is 5.66. The number of rotatable bonds is 8. The van der Waals surface area contributed by atoms with Gasteiger partial charge in [0, 0.05) is 6.04 Å². The summed E-state index contributed by atoms with van der Waals surface area (Å²) in [6.07, 6.45) is 1.90. The van der Waals surface area contributed by atoms with Crippen molar-refractivity contribution >= 4 is 9.84 Å². The molecule has 0 fully saturated rings. The predicted octanol–water partition coefficient (Wildman–Crippen LogP) is 2.22. The normalized spacial score (nSPS) is 16.4. The van der Waals surface area contributed by atoms with Crippen LogP contribution in [0.3, 0.4) is 0 Å². The van der Waals surface area contributed by atoms with Crippen LogP contribution in [0.5, 0.6) is 0 Å². The smallest absolute Gasteiger partial charge is 0.154 e. The first-order chi connectivity index (χ1) is 7.35. The Labute approximate surface area is 101 Å². The minimum Gasteiger partial charge on any atom is -0.313 e. The molecule has 2 unspecified atom stereocenters. The molecule has 0 aliphatic heterocycles. The summed E-state index contributed by atoms with van der Waals surface area (Å²) < 4.78 is 24.1. The minimum atomic E-state index is -2.96. The van der Waals surface area contributed by atoms with Crippen LogP contribution in [0, 0.1) is 5.92 Å². The minimum absolute atomic E-state index is 0.103. The summed E-state index contributed by atoms with van der Waals surface area (Å²) in [5, 5.41) is 3.04. The lowest BCUT2D eigenvalue weighted by atomic mass is 10.2. The van der Waals surface area contributed by atoms with Gasteiger partial charge in [0.1, 0.15) is 0 Å². The van der Waals surface area contributed by atoms with Crippen molar-refractivity contribution in [3.63, 3.8) is 0 Å². The van der Waals surface area contributed by atoms with Crippen LogP contribution < -0.4 is 5.32 Å². The molecule has 0 aromatic carbocycles. The van der Waals surface area contributed by atoms with E-state index in [1.807, 2.05) is 27.7 Å². The fourth-order valence-electron chi connectivity index (χ4n) is 1.52. The Morgan fingerprint density at radius 3 is 2.06 bits per heavy atom. The van der Waals surface area contributed by atoms with Crippen molar-refractivity contribution in [3.05, 3.63) is 0 Å². The van der Waals surface area contributed by atoms with Gasteiger partial charge in [-0.1, -0.05) is 27.7 Å². The standard InChI is InChI=1S/C12H27NO2S/c1-6-8-13-12(7-2)9-16(14,15)11(5)10(3)4/h10-13H,6-9H2,1-5H3. The van der Waals surface area contributed by atoms with Gasteiger partial charge in [-0.2, -0.15) is 0 Å². The van der Waals surface area contributed by atoms with Gasteiger partial charge in [0.15, 0.2) is 9.84 Å². The molecule has 0 saturated heterocycles. The third-order valence-electron chi connectivity index (χ3n) is 3.11. The van der Waals surface area contributed by atoms with E-state index < -0.39 is 9.84 Å². The van der Waals surface area contributed by atoms with E-state index in [-0.39, 0.29) is 23.0 Å². The van der Waals surface area contributed by atoms with Crippen molar-refractivity contribution in [1.29, 1.82) is 0 Å². The highest BCUT2D eigenvalue weighted by Crippen LogP contribution is 2.14. The van der Waals surface area contributed by atoms with Gasteiger partial charge in [0.25, 0.3) is 0 Å². The average Bonchev–Trinajstić information content (AvgIpc) is 2.22. The Balaban J connectivity index is 4.43. The van der Waals surface area contributed by atoms with Crippen LogP contribution in [0.1, 0.15) is 47.5 Å². The fourth-order valence-corrected chi connectivity index (χ4v) is 3.56. The van der Waals surface area contributed by atoms with Crippen LogP contribution >= 0.6 is 0 Å². The molecule has 3 nitrogen and oxygen atoms in total. The summed E-state index contributed by atoms with van der Waals surface area (Å²) in [7, 11) is -2.96. The highest BCUT2D eigenvalue weighted by Gasteiger charge is 2.26. The molecule has 0 aromatic heterocycles. The molecule has 2 atom stereocenters. The lowest BCUT2D eigenvalue weighted by Crippen LogP contribution is -2.39. The molecule has 0 bridgehead atoms. The molecule has 0 aromatic rings. The van der Waals surface area contributed by atoms with Gasteiger partial charge in [-0.05, 0) is 32.2 Å². The van der Waals surface area contributed by atoms with E-state index in [0.29, 0.717) is 0 Å². The topological polar surface area (TPSA) is 46.2 Å². The van der Waals surface area contributed by atoms with Crippen LogP contribution in [0.2, 0.25) is 0 Å². The van der Waals surface area contributed by atoms with Crippen LogP contribution in [0.15, 0.2) is 0 Å². The second kappa shape index (κ2) is 7.28. The van der Waals surface area contributed by atoms with Gasteiger partial charge in [0.05, 0.1) is 11.0 Å². The van der Waals surface area contributed by atoms with E-state index in [9.17, 15) is 8.42 Å². The highest BCUT2D eigenvalue weighted by atomic mass is 32.2. The zero-order valence-electron chi connectivity index (χ0n) is 11.3. The molecule has 0 heterocycles. The second-order valence-electron chi connectivity index (χ2n) is 4.84. The Morgan fingerprint density at radius 1 is 1.12 bits per heavy atom. The molecule has 0 saturated carbocycles. The number of nitrogens with one attached hydrogen (secondary N) is 1. The first-order valence-corrected chi connectivity index (χ1v) is 8.01. The zero-order chi connectivity index (χ0) is 12.8. The van der Waals surface area contributed by atoms with E-state index in [2.05, 4.69) is 12.2 Å². The lowest BCUT2D eigenvalue weighted by molar-refractivity contribution is 0.504. The van der Waals surface area contributed by atoms with Gasteiger partial charge in [-0.25, -0.2) is 8.42 Å². The quantitative estimate of drug-likeness (QED) is 0.717. The Morgan fingerprint density at radius 2 is 1.69 bits per heavy atom. The maximum absolute atomic E-state index is 12.1. The molecule has 0 spiro atoms. The van der Waals surface area contributed by atoms with E-state index in [4.69, 9.17) is 0 Å². The first kappa shape index (κ1) is 15.9. The molecule has 0 amide bonds. The summed E-state index contributed by atoms with van der Waals surface area (Å²) in [5.74, 6) is 0.455. The van der Waals surface area contributed by atoms with Crippen LogP contribution in [0.4, 0.5) is 0 Å². The number of hydrogen-bond acceptors (Lipinski definition) is 3. The molecule has 0 aliphatic rings. The summed E-state index contributed by atoms with van der Waals surface area (Å²) in [6.45, 7) is 10.7. The van der Waals surface area contributed by atoms with E-state index in [0.717, 1.165) is 19.4 Å². The van der Waals surface area contributed by atoms with Crippen LogP contribution in [-0.4, -0.2) is 32.0 Å². The van der Waals surface area contributed by atoms with E-state index in [1.165, 1.54) is 0 Å². The van der Waals surface area contributed by atoms with Crippen molar-refractivity contribution in [2.24, 2.45) is 5.92 Å². The highest BCUT2D eigenvalue weighted by molar-refractivity contribution is 7.92. The van der Waals surface area contributed by atoms with Crippen molar-refractivity contribution in [2.45, 2.75) is 58.8 Å². The van der Waals surface area contributed by atoms with Gasteiger partial charge < -0.3 is 5.32 Å². The van der Waals surface area contributed by atoms with E-state index >= 15 is 0 Å². The first-order valence-electron chi connectivity index (χ1n) is 6.30. The number of hydrogen-bond donors (Lipinski definition) is 1. The fraction of sp³-hybridized carbons (Fsp3) is 1.00. The number of sulfone groups is 1. The monoisotopic (exact) mass is 249 g/mol. The molecule has 4 heteroatoms. The van der Waals surface area contributed by atoms with Gasteiger partial charge in [-0.15, -0.1) is 0 Å². The van der Waals surface area contributed by atoms with Crippen LogP contribution in [-0.2, 0) is 9.84 Å². The summed E-state index contributed by atoms with van der Waals surface area (Å²) in [5.41, 5.74) is 0. The molecule has 0 radical (unpaired) electrons.